The van der Waals surface area contributed by atoms with Crippen molar-refractivity contribution in [2.75, 3.05) is 4.90 Å². The normalized spacial score (nSPS) is 11.6. The first kappa shape index (κ1) is 25.1. The first-order valence-corrected chi connectivity index (χ1v) is 15.8. The zero-order valence-electron chi connectivity index (χ0n) is 23.9. The highest BCUT2D eigenvalue weighted by atomic mass is 32.1. The van der Waals surface area contributed by atoms with E-state index in [1.165, 1.54) is 75.0 Å². The summed E-state index contributed by atoms with van der Waals surface area (Å²) >= 11 is 1.88. The van der Waals surface area contributed by atoms with E-state index in [0.717, 1.165) is 5.69 Å². The molecule has 1 aromatic heterocycles. The maximum absolute atomic E-state index is 2.45. The number of benzene rings is 8. The van der Waals surface area contributed by atoms with Gasteiger partial charge in [-0.15, -0.1) is 11.3 Å². The first-order chi connectivity index (χ1) is 21.8. The Morgan fingerprint density at radius 1 is 0.386 bits per heavy atom. The topological polar surface area (TPSA) is 3.24 Å². The average molecular weight is 578 g/mol. The van der Waals surface area contributed by atoms with Crippen molar-refractivity contribution < 1.29 is 0 Å². The summed E-state index contributed by atoms with van der Waals surface area (Å²) in [5, 5.41) is 10.1. The van der Waals surface area contributed by atoms with Crippen LogP contribution in [0.3, 0.4) is 0 Å². The third-order valence-corrected chi connectivity index (χ3v) is 10.1. The van der Waals surface area contributed by atoms with Crippen LogP contribution in [0.5, 0.6) is 0 Å². The molecule has 0 amide bonds. The average Bonchev–Trinajstić information content (AvgIpc) is 3.48. The summed E-state index contributed by atoms with van der Waals surface area (Å²) in [5.74, 6) is 0. The molecule has 9 rings (SSSR count). The van der Waals surface area contributed by atoms with E-state index >= 15 is 0 Å². The van der Waals surface area contributed by atoms with E-state index in [2.05, 4.69) is 169 Å². The van der Waals surface area contributed by atoms with Crippen molar-refractivity contribution in [3.05, 3.63) is 164 Å². The number of rotatable bonds is 4. The fraction of sp³-hybridized carbons (Fsp3) is 0. The summed E-state index contributed by atoms with van der Waals surface area (Å²) in [7, 11) is 0. The minimum Gasteiger partial charge on any atom is -0.309 e. The zero-order chi connectivity index (χ0) is 29.0. The minimum atomic E-state index is 1.13. The Labute approximate surface area is 259 Å². The van der Waals surface area contributed by atoms with Crippen LogP contribution in [-0.2, 0) is 0 Å². The molecule has 0 radical (unpaired) electrons. The third-order valence-electron chi connectivity index (χ3n) is 8.84. The summed E-state index contributed by atoms with van der Waals surface area (Å²) in [5.41, 5.74) is 5.99. The Morgan fingerprint density at radius 2 is 0.977 bits per heavy atom. The lowest BCUT2D eigenvalue weighted by molar-refractivity contribution is 1.31. The number of hydrogen-bond acceptors (Lipinski definition) is 2. The smallest absolute Gasteiger partial charge is 0.0546 e. The maximum atomic E-state index is 2.45. The summed E-state index contributed by atoms with van der Waals surface area (Å²) in [6, 6.07) is 59.7. The Hall–Kier alpha value is -5.44. The SMILES string of the molecule is c1ccc2c(N(c3ccc(-c4cccc5c4sc4ccccc45)cc3)c3cccc4ccc5ccccc5c34)cccc2c1. The van der Waals surface area contributed by atoms with Crippen LogP contribution in [-0.4, -0.2) is 0 Å². The van der Waals surface area contributed by atoms with E-state index in [1.54, 1.807) is 0 Å². The van der Waals surface area contributed by atoms with Gasteiger partial charge in [0.05, 0.1) is 11.4 Å². The van der Waals surface area contributed by atoms with Gasteiger partial charge in [-0.2, -0.15) is 0 Å². The van der Waals surface area contributed by atoms with E-state index in [0.29, 0.717) is 0 Å². The molecule has 0 aliphatic heterocycles. The van der Waals surface area contributed by atoms with Gasteiger partial charge in [0, 0.05) is 36.6 Å². The van der Waals surface area contributed by atoms with E-state index in [1.807, 2.05) is 11.3 Å². The molecule has 0 aliphatic rings. The molecule has 1 heterocycles. The molecule has 0 N–H and O–H groups in total. The molecule has 0 fully saturated rings. The molecule has 0 atom stereocenters. The second-order valence-corrected chi connectivity index (χ2v) is 12.4. The molecule has 8 aromatic carbocycles. The van der Waals surface area contributed by atoms with Crippen LogP contribution in [0.1, 0.15) is 0 Å². The van der Waals surface area contributed by atoms with Crippen LogP contribution in [0.15, 0.2) is 164 Å². The van der Waals surface area contributed by atoms with Gasteiger partial charge < -0.3 is 4.90 Å². The molecule has 44 heavy (non-hydrogen) atoms. The number of fused-ring (bicyclic) bond motifs is 7. The van der Waals surface area contributed by atoms with E-state index in [9.17, 15) is 0 Å². The lowest BCUT2D eigenvalue weighted by Crippen LogP contribution is -2.11. The molecule has 0 saturated carbocycles. The Balaban J connectivity index is 1.28. The Kier molecular flexibility index (Phi) is 5.75. The molecule has 0 bridgehead atoms. The molecule has 0 unspecified atom stereocenters. The lowest BCUT2D eigenvalue weighted by Gasteiger charge is -2.28. The van der Waals surface area contributed by atoms with Crippen molar-refractivity contribution in [3.63, 3.8) is 0 Å². The fourth-order valence-corrected chi connectivity index (χ4v) is 8.04. The van der Waals surface area contributed by atoms with Crippen molar-refractivity contribution in [2.24, 2.45) is 0 Å². The van der Waals surface area contributed by atoms with Crippen molar-refractivity contribution >= 4 is 80.9 Å². The van der Waals surface area contributed by atoms with Crippen LogP contribution in [0.4, 0.5) is 17.1 Å². The first-order valence-electron chi connectivity index (χ1n) is 15.0. The lowest BCUT2D eigenvalue weighted by atomic mass is 9.98. The van der Waals surface area contributed by atoms with E-state index in [4.69, 9.17) is 0 Å². The van der Waals surface area contributed by atoms with E-state index in [-0.39, 0.29) is 0 Å². The molecule has 0 spiro atoms. The van der Waals surface area contributed by atoms with Gasteiger partial charge >= 0.3 is 0 Å². The standard InChI is InChI=1S/C42H27NS/c1-3-14-33-28(10-1)12-7-19-38(33)43(39-20-8-13-31-23-22-29-11-2-4-15-34(29)41(31)39)32-26-24-30(25-27-32)35-17-9-18-37-36-16-5-6-21-40(36)44-42(35)37/h1-27H. The van der Waals surface area contributed by atoms with Crippen LogP contribution in [0, 0.1) is 0 Å². The molecule has 2 heteroatoms. The number of anilines is 3. The second-order valence-electron chi connectivity index (χ2n) is 11.3. The van der Waals surface area contributed by atoms with Gasteiger partial charge in [-0.1, -0.05) is 133 Å². The molecule has 0 aliphatic carbocycles. The third kappa shape index (κ3) is 3.92. The minimum absolute atomic E-state index is 1.13. The highest BCUT2D eigenvalue weighted by molar-refractivity contribution is 7.26. The number of hydrogen-bond donors (Lipinski definition) is 0. The van der Waals surface area contributed by atoms with Crippen molar-refractivity contribution in [1.82, 2.24) is 0 Å². The van der Waals surface area contributed by atoms with Crippen LogP contribution < -0.4 is 4.90 Å². The van der Waals surface area contributed by atoms with E-state index < -0.39 is 0 Å². The van der Waals surface area contributed by atoms with Crippen molar-refractivity contribution in [1.29, 1.82) is 0 Å². The van der Waals surface area contributed by atoms with Crippen molar-refractivity contribution in [2.45, 2.75) is 0 Å². The number of nitrogens with zero attached hydrogens (tertiary/aromatic N) is 1. The van der Waals surface area contributed by atoms with Crippen LogP contribution in [0.2, 0.25) is 0 Å². The quantitative estimate of drug-likeness (QED) is 0.188. The highest BCUT2D eigenvalue weighted by Gasteiger charge is 2.19. The second kappa shape index (κ2) is 10.1. The summed E-state index contributed by atoms with van der Waals surface area (Å²) < 4.78 is 2.67. The monoisotopic (exact) mass is 577 g/mol. The molecule has 0 saturated heterocycles. The molecule has 9 aromatic rings. The summed E-state index contributed by atoms with van der Waals surface area (Å²) in [6.07, 6.45) is 0. The van der Waals surface area contributed by atoms with Crippen LogP contribution in [0.25, 0.3) is 63.6 Å². The van der Waals surface area contributed by atoms with Gasteiger partial charge in [0.2, 0.25) is 0 Å². The number of thiophene rings is 1. The fourth-order valence-electron chi connectivity index (χ4n) is 6.80. The van der Waals surface area contributed by atoms with Crippen molar-refractivity contribution in [3.8, 4) is 11.1 Å². The highest BCUT2D eigenvalue weighted by Crippen LogP contribution is 2.45. The van der Waals surface area contributed by atoms with Crippen LogP contribution >= 0.6 is 11.3 Å². The predicted molar refractivity (Wildman–Crippen MR) is 192 cm³/mol. The Morgan fingerprint density at radius 3 is 1.82 bits per heavy atom. The summed E-state index contributed by atoms with van der Waals surface area (Å²) in [6.45, 7) is 0. The summed E-state index contributed by atoms with van der Waals surface area (Å²) in [4.78, 5) is 2.45. The van der Waals surface area contributed by atoms with Gasteiger partial charge in [-0.3, -0.25) is 0 Å². The zero-order valence-corrected chi connectivity index (χ0v) is 24.8. The molecular formula is C42H27NS. The van der Waals surface area contributed by atoms with Gasteiger partial charge in [0.15, 0.2) is 0 Å². The largest absolute Gasteiger partial charge is 0.309 e. The Bertz CT molecular complexity index is 2500. The van der Waals surface area contributed by atoms with Gasteiger partial charge in [0.1, 0.15) is 0 Å². The predicted octanol–water partition coefficient (Wildman–Crippen LogP) is 12.7. The van der Waals surface area contributed by atoms with Gasteiger partial charge in [-0.25, -0.2) is 0 Å². The molecule has 206 valence electrons. The maximum Gasteiger partial charge on any atom is 0.0546 e. The molecule has 1 nitrogen and oxygen atoms in total. The van der Waals surface area contributed by atoms with Gasteiger partial charge in [0.25, 0.3) is 0 Å². The molecular weight excluding hydrogens is 551 g/mol. The van der Waals surface area contributed by atoms with Gasteiger partial charge in [-0.05, 0) is 63.0 Å².